The van der Waals surface area contributed by atoms with Crippen LogP contribution in [0.3, 0.4) is 0 Å². The van der Waals surface area contributed by atoms with E-state index >= 15 is 0 Å². The predicted molar refractivity (Wildman–Crippen MR) is 152 cm³/mol. The standard InChI is InChI=1S/C31H33N3O7/c1-18(2)34-27-23(28(35)32(5)31(34)38)14-15-33(27)26-16-24(41-30(37)22-12-8-20(4)9-13-22)25(40-26)17-39-29(36)21-10-6-19(3)7-11-21/h6-15,18,24-26H,16-17H2,1-5H3/t24-,25+,26-/m0/s1. The Hall–Kier alpha value is -4.44. The summed E-state index contributed by atoms with van der Waals surface area (Å²) in [6.07, 6.45) is -0.331. The first-order valence-corrected chi connectivity index (χ1v) is 13.5. The zero-order chi connectivity index (χ0) is 29.4. The van der Waals surface area contributed by atoms with Crippen LogP contribution in [0, 0.1) is 13.8 Å². The zero-order valence-electron chi connectivity index (χ0n) is 23.7. The fourth-order valence-electron chi connectivity index (χ4n) is 5.05. The Morgan fingerprint density at radius 3 is 2.10 bits per heavy atom. The molecule has 0 bridgehead atoms. The summed E-state index contributed by atoms with van der Waals surface area (Å²) in [7, 11) is 1.45. The maximum atomic E-state index is 13.0. The highest BCUT2D eigenvalue weighted by Crippen LogP contribution is 2.34. The molecule has 3 atom stereocenters. The van der Waals surface area contributed by atoms with Crippen LogP contribution >= 0.6 is 0 Å². The van der Waals surface area contributed by atoms with Crippen LogP contribution in [0.5, 0.6) is 0 Å². The molecule has 0 aliphatic carbocycles. The number of hydrogen-bond acceptors (Lipinski definition) is 7. The van der Waals surface area contributed by atoms with E-state index in [1.54, 1.807) is 41.1 Å². The molecule has 10 heteroatoms. The van der Waals surface area contributed by atoms with Gasteiger partial charge in [-0.3, -0.25) is 13.9 Å². The second-order valence-corrected chi connectivity index (χ2v) is 10.7. The summed E-state index contributed by atoms with van der Waals surface area (Å²) in [5.41, 5.74) is 2.36. The van der Waals surface area contributed by atoms with E-state index in [0.717, 1.165) is 15.7 Å². The summed E-state index contributed by atoms with van der Waals surface area (Å²) in [5.74, 6) is -1.05. The minimum absolute atomic E-state index is 0.160. The van der Waals surface area contributed by atoms with E-state index in [2.05, 4.69) is 0 Å². The van der Waals surface area contributed by atoms with Crippen molar-refractivity contribution in [2.75, 3.05) is 6.61 Å². The first-order chi connectivity index (χ1) is 19.5. The minimum atomic E-state index is -0.785. The highest BCUT2D eigenvalue weighted by atomic mass is 16.6. The Morgan fingerprint density at radius 1 is 0.927 bits per heavy atom. The summed E-state index contributed by atoms with van der Waals surface area (Å²) in [4.78, 5) is 51.7. The Labute approximate surface area is 236 Å². The number of benzene rings is 2. The first kappa shape index (κ1) is 28.1. The van der Waals surface area contributed by atoms with E-state index in [9.17, 15) is 19.2 Å². The quantitative estimate of drug-likeness (QED) is 0.314. The third kappa shape index (κ3) is 5.47. The van der Waals surface area contributed by atoms with Gasteiger partial charge in [0.05, 0.1) is 16.5 Å². The SMILES string of the molecule is Cc1ccc(C(=O)OC[C@H]2O[C@H](n3ccc4c(=O)n(C)c(=O)n(C(C)C)c43)C[C@@H]2OC(=O)c2ccc(C)cc2)cc1. The number of rotatable bonds is 7. The molecule has 0 unspecified atom stereocenters. The molecule has 0 amide bonds. The van der Waals surface area contributed by atoms with Gasteiger partial charge in [-0.15, -0.1) is 0 Å². The normalized spacial score (nSPS) is 18.6. The van der Waals surface area contributed by atoms with Crippen LogP contribution in [0.2, 0.25) is 0 Å². The second-order valence-electron chi connectivity index (χ2n) is 10.7. The van der Waals surface area contributed by atoms with Gasteiger partial charge in [-0.25, -0.2) is 14.4 Å². The second kappa shape index (κ2) is 11.2. The number of aryl methyl sites for hydroxylation is 2. The summed E-state index contributed by atoms with van der Waals surface area (Å²) < 4.78 is 22.1. The monoisotopic (exact) mass is 559 g/mol. The van der Waals surface area contributed by atoms with Crippen LogP contribution in [0.4, 0.5) is 0 Å². The van der Waals surface area contributed by atoms with Crippen molar-refractivity contribution in [1.29, 1.82) is 0 Å². The minimum Gasteiger partial charge on any atom is -0.459 e. The number of esters is 2. The van der Waals surface area contributed by atoms with Gasteiger partial charge >= 0.3 is 17.6 Å². The van der Waals surface area contributed by atoms with Gasteiger partial charge in [0.1, 0.15) is 30.7 Å². The van der Waals surface area contributed by atoms with Crippen LogP contribution in [-0.4, -0.2) is 44.5 Å². The van der Waals surface area contributed by atoms with Gasteiger partial charge in [0, 0.05) is 25.7 Å². The van der Waals surface area contributed by atoms with E-state index in [4.69, 9.17) is 14.2 Å². The van der Waals surface area contributed by atoms with E-state index in [-0.39, 0.29) is 19.1 Å². The number of carbonyl (C=O) groups excluding carboxylic acids is 2. The van der Waals surface area contributed by atoms with Crippen molar-refractivity contribution in [1.82, 2.24) is 13.7 Å². The van der Waals surface area contributed by atoms with Crippen LogP contribution in [0.25, 0.3) is 11.0 Å². The molecule has 1 aliphatic rings. The lowest BCUT2D eigenvalue weighted by molar-refractivity contribution is -0.0563. The lowest BCUT2D eigenvalue weighted by Crippen LogP contribution is -2.39. The molecular weight excluding hydrogens is 526 g/mol. The number of nitrogens with zero attached hydrogens (tertiary/aromatic N) is 3. The molecule has 1 fully saturated rings. The molecule has 41 heavy (non-hydrogen) atoms. The molecule has 4 aromatic rings. The fourth-order valence-corrected chi connectivity index (χ4v) is 5.05. The van der Waals surface area contributed by atoms with Crippen LogP contribution in [0.1, 0.15) is 64.4 Å². The smallest absolute Gasteiger partial charge is 0.338 e. The number of hydrogen-bond donors (Lipinski definition) is 0. The summed E-state index contributed by atoms with van der Waals surface area (Å²) in [6.45, 7) is 7.41. The van der Waals surface area contributed by atoms with Crippen molar-refractivity contribution in [3.05, 3.63) is 104 Å². The average molecular weight is 560 g/mol. The van der Waals surface area contributed by atoms with E-state index in [1.807, 2.05) is 52.0 Å². The van der Waals surface area contributed by atoms with Crippen LogP contribution in [-0.2, 0) is 21.3 Å². The maximum absolute atomic E-state index is 13.0. The van der Waals surface area contributed by atoms with Gasteiger partial charge in [0.2, 0.25) is 0 Å². The van der Waals surface area contributed by atoms with Crippen molar-refractivity contribution in [3.8, 4) is 0 Å². The molecule has 2 aromatic carbocycles. The Morgan fingerprint density at radius 2 is 1.51 bits per heavy atom. The van der Waals surface area contributed by atoms with Gasteiger partial charge in [-0.1, -0.05) is 35.4 Å². The van der Waals surface area contributed by atoms with Gasteiger partial charge in [0.15, 0.2) is 0 Å². The van der Waals surface area contributed by atoms with E-state index in [1.165, 1.54) is 11.6 Å². The molecule has 214 valence electrons. The van der Waals surface area contributed by atoms with Gasteiger partial charge in [-0.2, -0.15) is 0 Å². The average Bonchev–Trinajstić information content (AvgIpc) is 3.55. The Kier molecular flexibility index (Phi) is 7.68. The highest BCUT2D eigenvalue weighted by Gasteiger charge is 2.41. The zero-order valence-corrected chi connectivity index (χ0v) is 23.7. The number of ether oxygens (including phenoxy) is 3. The molecule has 10 nitrogen and oxygen atoms in total. The molecule has 2 aromatic heterocycles. The van der Waals surface area contributed by atoms with Crippen molar-refractivity contribution in [2.45, 2.75) is 58.6 Å². The molecule has 3 heterocycles. The first-order valence-electron chi connectivity index (χ1n) is 13.5. The van der Waals surface area contributed by atoms with E-state index < -0.39 is 41.6 Å². The van der Waals surface area contributed by atoms with Crippen molar-refractivity contribution < 1.29 is 23.8 Å². The fraction of sp³-hybridized carbons (Fsp3) is 0.355. The Bertz CT molecular complexity index is 1710. The van der Waals surface area contributed by atoms with Crippen LogP contribution in [0.15, 0.2) is 70.4 Å². The topological polar surface area (TPSA) is 111 Å². The lowest BCUT2D eigenvalue weighted by Gasteiger charge is -2.20. The molecule has 0 radical (unpaired) electrons. The molecule has 1 aliphatic heterocycles. The summed E-state index contributed by atoms with van der Waals surface area (Å²) in [6, 6.07) is 15.4. The van der Waals surface area contributed by atoms with Crippen molar-refractivity contribution >= 4 is 23.0 Å². The van der Waals surface area contributed by atoms with Gasteiger partial charge in [0.25, 0.3) is 5.56 Å². The predicted octanol–water partition coefficient (Wildman–Crippen LogP) is 4.07. The third-order valence-corrected chi connectivity index (χ3v) is 7.36. The van der Waals surface area contributed by atoms with Gasteiger partial charge < -0.3 is 18.8 Å². The van der Waals surface area contributed by atoms with Crippen molar-refractivity contribution in [2.24, 2.45) is 7.05 Å². The molecular formula is C31H33N3O7. The highest BCUT2D eigenvalue weighted by molar-refractivity contribution is 5.90. The maximum Gasteiger partial charge on any atom is 0.338 e. The Balaban J connectivity index is 1.46. The molecule has 0 spiro atoms. The van der Waals surface area contributed by atoms with E-state index in [0.29, 0.717) is 22.2 Å². The number of fused-ring (bicyclic) bond motifs is 1. The molecule has 1 saturated heterocycles. The number of aromatic nitrogens is 3. The third-order valence-electron chi connectivity index (χ3n) is 7.36. The van der Waals surface area contributed by atoms with Crippen LogP contribution < -0.4 is 11.2 Å². The number of carbonyl (C=O) groups is 2. The van der Waals surface area contributed by atoms with Crippen molar-refractivity contribution in [3.63, 3.8) is 0 Å². The summed E-state index contributed by atoms with van der Waals surface area (Å²) >= 11 is 0. The molecule has 0 N–H and O–H groups in total. The molecule has 5 rings (SSSR count). The molecule has 0 saturated carbocycles. The summed E-state index contributed by atoms with van der Waals surface area (Å²) in [5, 5.41) is 0.367. The largest absolute Gasteiger partial charge is 0.459 e. The van der Waals surface area contributed by atoms with Gasteiger partial charge in [-0.05, 0) is 58.0 Å². The lowest BCUT2D eigenvalue weighted by atomic mass is 10.1.